The minimum atomic E-state index is 0.420. The molecule has 0 aliphatic heterocycles. The lowest BCUT2D eigenvalue weighted by Crippen LogP contribution is -2.06. The fourth-order valence-electron chi connectivity index (χ4n) is 2.65. The largest absolute Gasteiger partial charge is 0.497 e. The Labute approximate surface area is 161 Å². The maximum atomic E-state index is 5.19. The Bertz CT molecular complexity index is 1060. The number of benzene rings is 1. The van der Waals surface area contributed by atoms with E-state index in [4.69, 9.17) is 9.47 Å². The van der Waals surface area contributed by atoms with Crippen molar-refractivity contribution in [2.24, 2.45) is 0 Å². The van der Waals surface area contributed by atoms with Gasteiger partial charge in [-0.2, -0.15) is 9.97 Å². The van der Waals surface area contributed by atoms with E-state index in [9.17, 15) is 0 Å². The topological polar surface area (TPSA) is 110 Å². The quantitative estimate of drug-likeness (QED) is 0.451. The second kappa shape index (κ2) is 7.78. The van der Waals surface area contributed by atoms with Gasteiger partial charge in [0.25, 0.3) is 0 Å². The summed E-state index contributed by atoms with van der Waals surface area (Å²) >= 11 is 0. The Morgan fingerprint density at radius 2 is 1.82 bits per heavy atom. The van der Waals surface area contributed by atoms with E-state index >= 15 is 0 Å². The smallest absolute Gasteiger partial charge is 0.231 e. The van der Waals surface area contributed by atoms with Gasteiger partial charge in [0.05, 0.1) is 32.4 Å². The van der Waals surface area contributed by atoms with Gasteiger partial charge < -0.3 is 25.1 Å². The molecule has 3 aromatic heterocycles. The van der Waals surface area contributed by atoms with Gasteiger partial charge in [-0.25, -0.2) is 9.97 Å². The van der Waals surface area contributed by atoms with Crippen LogP contribution in [0, 0.1) is 0 Å². The van der Waals surface area contributed by atoms with Crippen LogP contribution in [0.2, 0.25) is 0 Å². The van der Waals surface area contributed by atoms with Crippen LogP contribution in [0.3, 0.4) is 0 Å². The SMILES string of the molecule is COc1ccc(CNc2nc(Nc3ccc(OC)nc3)nc3nc[nH]c23)cc1. The second-order valence-electron chi connectivity index (χ2n) is 5.91. The standard InChI is InChI=1S/C19H19N7O2/c1-27-14-6-3-12(4-7-14)9-21-17-16-18(23-11-22-16)26-19(25-17)24-13-5-8-15(28-2)20-10-13/h3-8,10-11H,9H2,1-2H3,(H3,21,22,23,24,25,26). The van der Waals surface area contributed by atoms with Gasteiger partial charge in [0.1, 0.15) is 11.3 Å². The van der Waals surface area contributed by atoms with Crippen molar-refractivity contribution in [2.75, 3.05) is 24.9 Å². The molecule has 1 aromatic carbocycles. The molecule has 0 amide bonds. The van der Waals surface area contributed by atoms with Gasteiger partial charge in [-0.05, 0) is 23.8 Å². The lowest BCUT2D eigenvalue weighted by Gasteiger charge is -2.10. The summed E-state index contributed by atoms with van der Waals surface area (Å²) in [5.74, 6) is 2.43. The van der Waals surface area contributed by atoms with Gasteiger partial charge in [0, 0.05) is 12.6 Å². The molecule has 0 atom stereocenters. The van der Waals surface area contributed by atoms with Crippen LogP contribution in [0.1, 0.15) is 5.56 Å². The molecule has 0 unspecified atom stereocenters. The number of H-pyrrole nitrogens is 1. The van der Waals surface area contributed by atoms with Crippen LogP contribution in [0.25, 0.3) is 11.2 Å². The van der Waals surface area contributed by atoms with Crippen LogP contribution < -0.4 is 20.1 Å². The number of rotatable bonds is 7. The van der Waals surface area contributed by atoms with Crippen molar-refractivity contribution in [1.29, 1.82) is 0 Å². The van der Waals surface area contributed by atoms with Gasteiger partial charge in [0.15, 0.2) is 11.5 Å². The number of fused-ring (bicyclic) bond motifs is 1. The van der Waals surface area contributed by atoms with Crippen molar-refractivity contribution < 1.29 is 9.47 Å². The van der Waals surface area contributed by atoms with E-state index in [1.807, 2.05) is 30.3 Å². The molecule has 9 nitrogen and oxygen atoms in total. The van der Waals surface area contributed by atoms with Crippen LogP contribution in [-0.2, 0) is 6.54 Å². The second-order valence-corrected chi connectivity index (χ2v) is 5.91. The van der Waals surface area contributed by atoms with Gasteiger partial charge in [-0.3, -0.25) is 0 Å². The monoisotopic (exact) mass is 377 g/mol. The summed E-state index contributed by atoms with van der Waals surface area (Å²) < 4.78 is 10.3. The molecule has 3 N–H and O–H groups in total. The van der Waals surface area contributed by atoms with Crippen molar-refractivity contribution in [2.45, 2.75) is 6.54 Å². The highest BCUT2D eigenvalue weighted by Gasteiger charge is 2.10. The van der Waals surface area contributed by atoms with E-state index in [0.29, 0.717) is 29.8 Å². The molecule has 9 heteroatoms. The number of methoxy groups -OCH3 is 2. The van der Waals surface area contributed by atoms with E-state index in [1.165, 1.54) is 0 Å². The molecule has 142 valence electrons. The van der Waals surface area contributed by atoms with Gasteiger partial charge in [-0.15, -0.1) is 0 Å². The van der Waals surface area contributed by atoms with E-state index in [1.54, 1.807) is 32.8 Å². The van der Waals surface area contributed by atoms with E-state index in [-0.39, 0.29) is 0 Å². The lowest BCUT2D eigenvalue weighted by atomic mass is 10.2. The van der Waals surface area contributed by atoms with Crippen LogP contribution in [0.4, 0.5) is 17.5 Å². The van der Waals surface area contributed by atoms with Crippen LogP contribution in [0.15, 0.2) is 48.9 Å². The molecular formula is C19H19N7O2. The summed E-state index contributed by atoms with van der Waals surface area (Å²) in [6.45, 7) is 0.596. The molecule has 4 rings (SSSR count). The number of anilines is 3. The average molecular weight is 377 g/mol. The summed E-state index contributed by atoms with van der Waals surface area (Å²) in [5.41, 5.74) is 3.15. The Hall–Kier alpha value is -3.88. The van der Waals surface area contributed by atoms with Gasteiger partial charge in [0.2, 0.25) is 11.8 Å². The van der Waals surface area contributed by atoms with Gasteiger partial charge >= 0.3 is 0 Å². The predicted octanol–water partition coefficient (Wildman–Crippen LogP) is 3.12. The maximum absolute atomic E-state index is 5.19. The Kier molecular flexibility index (Phi) is 4.87. The Balaban J connectivity index is 1.55. The summed E-state index contributed by atoms with van der Waals surface area (Å²) in [4.78, 5) is 20.5. The first-order valence-electron chi connectivity index (χ1n) is 8.60. The molecule has 0 aliphatic carbocycles. The Morgan fingerprint density at radius 1 is 0.964 bits per heavy atom. The number of imidazole rings is 1. The average Bonchev–Trinajstić information content (AvgIpc) is 3.22. The van der Waals surface area contributed by atoms with Crippen LogP contribution in [0.5, 0.6) is 11.6 Å². The zero-order valence-electron chi connectivity index (χ0n) is 15.4. The first-order chi connectivity index (χ1) is 13.7. The number of nitrogens with one attached hydrogen (secondary N) is 3. The molecule has 0 fully saturated rings. The fraction of sp³-hybridized carbons (Fsp3) is 0.158. The van der Waals surface area contributed by atoms with Crippen molar-refractivity contribution in [3.63, 3.8) is 0 Å². The fourth-order valence-corrected chi connectivity index (χ4v) is 2.65. The molecule has 0 saturated heterocycles. The van der Waals surface area contributed by atoms with Crippen molar-refractivity contribution >= 4 is 28.6 Å². The maximum Gasteiger partial charge on any atom is 0.231 e. The zero-order valence-corrected chi connectivity index (χ0v) is 15.4. The molecule has 0 saturated carbocycles. The number of aromatic amines is 1. The highest BCUT2D eigenvalue weighted by atomic mass is 16.5. The minimum Gasteiger partial charge on any atom is -0.497 e. The highest BCUT2D eigenvalue weighted by molar-refractivity contribution is 5.84. The van der Waals surface area contributed by atoms with E-state index < -0.39 is 0 Å². The van der Waals surface area contributed by atoms with E-state index in [2.05, 4.69) is 35.6 Å². The summed E-state index contributed by atoms with van der Waals surface area (Å²) in [7, 11) is 3.22. The molecule has 0 aliphatic rings. The van der Waals surface area contributed by atoms with Gasteiger partial charge in [-0.1, -0.05) is 12.1 Å². The third-order valence-electron chi connectivity index (χ3n) is 4.11. The number of ether oxygens (including phenoxy) is 2. The number of aromatic nitrogens is 5. The summed E-state index contributed by atoms with van der Waals surface area (Å²) in [5, 5.41) is 6.47. The summed E-state index contributed by atoms with van der Waals surface area (Å²) in [6.07, 6.45) is 3.25. The zero-order chi connectivity index (χ0) is 19.3. The Morgan fingerprint density at radius 3 is 2.54 bits per heavy atom. The van der Waals surface area contributed by atoms with E-state index in [0.717, 1.165) is 22.5 Å². The highest BCUT2D eigenvalue weighted by Crippen LogP contribution is 2.22. The minimum absolute atomic E-state index is 0.420. The predicted molar refractivity (Wildman–Crippen MR) is 106 cm³/mol. The van der Waals surface area contributed by atoms with Crippen molar-refractivity contribution in [3.05, 3.63) is 54.5 Å². The van der Waals surface area contributed by atoms with Crippen LogP contribution in [-0.4, -0.2) is 39.1 Å². The number of nitrogens with zero attached hydrogens (tertiary/aromatic N) is 4. The number of hydrogen-bond acceptors (Lipinski definition) is 8. The number of pyridine rings is 1. The molecule has 4 aromatic rings. The first-order valence-corrected chi connectivity index (χ1v) is 8.60. The molecule has 3 heterocycles. The third-order valence-corrected chi connectivity index (χ3v) is 4.11. The third kappa shape index (κ3) is 3.78. The summed E-state index contributed by atoms with van der Waals surface area (Å²) in [6, 6.07) is 11.4. The van der Waals surface area contributed by atoms with Crippen molar-refractivity contribution in [1.82, 2.24) is 24.9 Å². The number of hydrogen-bond donors (Lipinski definition) is 3. The molecule has 0 bridgehead atoms. The normalized spacial score (nSPS) is 10.6. The molecule has 0 radical (unpaired) electrons. The van der Waals surface area contributed by atoms with Crippen LogP contribution >= 0.6 is 0 Å². The molecular weight excluding hydrogens is 358 g/mol. The lowest BCUT2D eigenvalue weighted by molar-refractivity contribution is 0.398. The van der Waals surface area contributed by atoms with Crippen molar-refractivity contribution in [3.8, 4) is 11.6 Å². The molecule has 28 heavy (non-hydrogen) atoms. The molecule has 0 spiro atoms. The first kappa shape index (κ1) is 17.5.